The molecule has 0 radical (unpaired) electrons. The summed E-state index contributed by atoms with van der Waals surface area (Å²) in [5.41, 5.74) is 5.53. The van der Waals surface area contributed by atoms with Gasteiger partial charge in [0.05, 0.1) is 0 Å². The maximum Gasteiger partial charge on any atom is 0.223 e. The molecule has 5 nitrogen and oxygen atoms in total. The van der Waals surface area contributed by atoms with Gasteiger partial charge in [-0.3, -0.25) is 4.79 Å². The molecule has 1 fully saturated rings. The van der Waals surface area contributed by atoms with Gasteiger partial charge in [-0.05, 0) is 0 Å². The van der Waals surface area contributed by atoms with E-state index in [4.69, 9.17) is 17.3 Å². The van der Waals surface area contributed by atoms with E-state index in [-0.39, 0.29) is 11.9 Å². The molecule has 0 amide bonds. The summed E-state index contributed by atoms with van der Waals surface area (Å²) in [7, 11) is 0. The highest BCUT2D eigenvalue weighted by molar-refractivity contribution is 6.29. The van der Waals surface area contributed by atoms with E-state index in [1.165, 1.54) is 0 Å². The van der Waals surface area contributed by atoms with Crippen molar-refractivity contribution in [1.82, 2.24) is 9.97 Å². The second-order valence-electron chi connectivity index (χ2n) is 3.97. The van der Waals surface area contributed by atoms with Crippen molar-refractivity contribution in [1.29, 1.82) is 0 Å². The number of carbonyl (C=O) groups excluding carboxylic acids is 1. The van der Waals surface area contributed by atoms with Crippen LogP contribution in [0.25, 0.3) is 0 Å². The molecule has 0 spiro atoms. The first-order valence-electron chi connectivity index (χ1n) is 5.14. The van der Waals surface area contributed by atoms with Crippen LogP contribution in [0.15, 0.2) is 6.07 Å². The number of nitrogens with zero attached hydrogens (tertiary/aromatic N) is 3. The summed E-state index contributed by atoms with van der Waals surface area (Å²) < 4.78 is 0. The summed E-state index contributed by atoms with van der Waals surface area (Å²) >= 11 is 5.81. The number of anilines is 2. The highest BCUT2D eigenvalue weighted by Crippen LogP contribution is 2.21. The first-order chi connectivity index (χ1) is 7.56. The lowest BCUT2D eigenvalue weighted by molar-refractivity contribution is -0.122. The van der Waals surface area contributed by atoms with Crippen molar-refractivity contribution in [2.45, 2.75) is 13.3 Å². The van der Waals surface area contributed by atoms with E-state index in [1.54, 1.807) is 6.07 Å². The van der Waals surface area contributed by atoms with Gasteiger partial charge in [-0.2, -0.15) is 4.98 Å². The van der Waals surface area contributed by atoms with Crippen molar-refractivity contribution in [3.8, 4) is 0 Å². The lowest BCUT2D eigenvalue weighted by atomic mass is 9.99. The molecule has 2 N–H and O–H groups in total. The Morgan fingerprint density at radius 3 is 2.94 bits per heavy atom. The number of halogens is 1. The van der Waals surface area contributed by atoms with E-state index < -0.39 is 0 Å². The van der Waals surface area contributed by atoms with Crippen LogP contribution in [0.2, 0.25) is 5.15 Å². The molecule has 0 bridgehead atoms. The molecule has 86 valence electrons. The predicted octanol–water partition coefficient (Wildman–Crippen LogP) is 1.13. The number of piperidine rings is 1. The number of rotatable bonds is 1. The summed E-state index contributed by atoms with van der Waals surface area (Å²) in [5, 5.41) is 0.326. The quantitative estimate of drug-likeness (QED) is 0.745. The smallest absolute Gasteiger partial charge is 0.223 e. The Bertz CT molecular complexity index is 403. The standard InChI is InChI=1S/C10H13ClN4O/c1-6-5-15(3-2-7(6)16)9-4-8(11)13-10(12)14-9/h4,6H,2-3,5H2,1H3,(H2,12,13,14). The van der Waals surface area contributed by atoms with Crippen molar-refractivity contribution < 1.29 is 4.79 Å². The highest BCUT2D eigenvalue weighted by Gasteiger charge is 2.24. The Hall–Kier alpha value is -1.36. The molecule has 2 rings (SSSR count). The lowest BCUT2D eigenvalue weighted by Gasteiger charge is -2.30. The third kappa shape index (κ3) is 2.24. The molecular weight excluding hydrogens is 228 g/mol. The van der Waals surface area contributed by atoms with Gasteiger partial charge in [0.25, 0.3) is 0 Å². The fourth-order valence-electron chi connectivity index (χ4n) is 1.81. The third-order valence-electron chi connectivity index (χ3n) is 2.69. The molecular formula is C10H13ClN4O. The van der Waals surface area contributed by atoms with Gasteiger partial charge >= 0.3 is 0 Å². The molecule has 16 heavy (non-hydrogen) atoms. The molecule has 1 unspecified atom stereocenters. The summed E-state index contributed by atoms with van der Waals surface area (Å²) in [6.07, 6.45) is 0.544. The summed E-state index contributed by atoms with van der Waals surface area (Å²) in [6.45, 7) is 3.24. The van der Waals surface area contributed by atoms with Crippen molar-refractivity contribution >= 4 is 29.2 Å². The Kier molecular flexibility index (Phi) is 2.96. The number of carbonyl (C=O) groups is 1. The number of hydrogen-bond acceptors (Lipinski definition) is 5. The number of nitrogen functional groups attached to an aromatic ring is 1. The fraction of sp³-hybridized carbons (Fsp3) is 0.500. The highest BCUT2D eigenvalue weighted by atomic mass is 35.5. The van der Waals surface area contributed by atoms with E-state index in [0.29, 0.717) is 36.3 Å². The number of aromatic nitrogens is 2. The van der Waals surface area contributed by atoms with E-state index in [2.05, 4.69) is 9.97 Å². The van der Waals surface area contributed by atoms with Crippen molar-refractivity contribution in [3.05, 3.63) is 11.2 Å². The van der Waals surface area contributed by atoms with Crippen LogP contribution in [0.5, 0.6) is 0 Å². The van der Waals surface area contributed by atoms with E-state index in [9.17, 15) is 4.79 Å². The maximum absolute atomic E-state index is 11.4. The van der Waals surface area contributed by atoms with Gasteiger partial charge in [-0.15, -0.1) is 0 Å². The topological polar surface area (TPSA) is 72.1 Å². The Morgan fingerprint density at radius 1 is 1.56 bits per heavy atom. The van der Waals surface area contributed by atoms with E-state index in [0.717, 1.165) is 0 Å². The summed E-state index contributed by atoms with van der Waals surface area (Å²) in [6, 6.07) is 1.67. The van der Waals surface area contributed by atoms with Gasteiger partial charge in [-0.1, -0.05) is 18.5 Å². The lowest BCUT2D eigenvalue weighted by Crippen LogP contribution is -2.40. The monoisotopic (exact) mass is 240 g/mol. The van der Waals surface area contributed by atoms with Crippen LogP contribution in [0, 0.1) is 5.92 Å². The SMILES string of the molecule is CC1CN(c2cc(Cl)nc(N)n2)CCC1=O. The second kappa shape index (κ2) is 4.25. The number of ketones is 1. The van der Waals surface area contributed by atoms with Crippen LogP contribution in [0.4, 0.5) is 11.8 Å². The largest absolute Gasteiger partial charge is 0.368 e. The second-order valence-corrected chi connectivity index (χ2v) is 4.36. The van der Waals surface area contributed by atoms with Gasteiger partial charge in [0, 0.05) is 31.5 Å². The average molecular weight is 241 g/mol. The van der Waals surface area contributed by atoms with Crippen LogP contribution in [0.3, 0.4) is 0 Å². The van der Waals surface area contributed by atoms with E-state index in [1.807, 2.05) is 11.8 Å². The maximum atomic E-state index is 11.4. The molecule has 1 aliphatic rings. The molecule has 2 heterocycles. The zero-order chi connectivity index (χ0) is 11.7. The van der Waals surface area contributed by atoms with Gasteiger partial charge in [0.1, 0.15) is 16.8 Å². The molecule has 0 aromatic carbocycles. The summed E-state index contributed by atoms with van der Waals surface area (Å²) in [4.78, 5) is 21.3. The molecule has 1 saturated heterocycles. The Morgan fingerprint density at radius 2 is 2.31 bits per heavy atom. The molecule has 0 saturated carbocycles. The van der Waals surface area contributed by atoms with Crippen LogP contribution >= 0.6 is 11.6 Å². The molecule has 6 heteroatoms. The first-order valence-corrected chi connectivity index (χ1v) is 5.52. The van der Waals surface area contributed by atoms with Gasteiger partial charge in [0.2, 0.25) is 5.95 Å². The zero-order valence-electron chi connectivity index (χ0n) is 8.98. The normalized spacial score (nSPS) is 21.2. The van der Waals surface area contributed by atoms with Gasteiger partial charge < -0.3 is 10.6 Å². The van der Waals surface area contributed by atoms with Crippen LogP contribution in [-0.2, 0) is 4.79 Å². The Balaban J connectivity index is 2.21. The van der Waals surface area contributed by atoms with Crippen molar-refractivity contribution in [2.75, 3.05) is 23.7 Å². The molecule has 1 atom stereocenters. The van der Waals surface area contributed by atoms with Crippen LogP contribution < -0.4 is 10.6 Å². The summed E-state index contributed by atoms with van der Waals surface area (Å²) in [5.74, 6) is 1.18. The van der Waals surface area contributed by atoms with Gasteiger partial charge in [-0.25, -0.2) is 4.98 Å². The molecule has 1 aliphatic heterocycles. The molecule has 1 aromatic rings. The van der Waals surface area contributed by atoms with E-state index >= 15 is 0 Å². The minimum absolute atomic E-state index is 0.0312. The minimum Gasteiger partial charge on any atom is -0.368 e. The zero-order valence-corrected chi connectivity index (χ0v) is 9.74. The van der Waals surface area contributed by atoms with Crippen LogP contribution in [0.1, 0.15) is 13.3 Å². The minimum atomic E-state index is 0.0312. The number of Topliss-reactive ketones (excluding diaryl/α,β-unsaturated/α-hetero) is 1. The molecule has 1 aromatic heterocycles. The predicted molar refractivity (Wildman–Crippen MR) is 62.5 cm³/mol. The average Bonchev–Trinajstić information content (AvgIpc) is 2.20. The number of hydrogen-bond donors (Lipinski definition) is 1. The third-order valence-corrected chi connectivity index (χ3v) is 2.89. The van der Waals surface area contributed by atoms with Crippen LogP contribution in [-0.4, -0.2) is 28.8 Å². The molecule has 0 aliphatic carbocycles. The van der Waals surface area contributed by atoms with Crippen molar-refractivity contribution in [3.63, 3.8) is 0 Å². The number of nitrogens with two attached hydrogens (primary N) is 1. The Labute approximate surface area is 98.6 Å². The fourth-order valence-corrected chi connectivity index (χ4v) is 1.99. The van der Waals surface area contributed by atoms with Crippen molar-refractivity contribution in [2.24, 2.45) is 5.92 Å². The van der Waals surface area contributed by atoms with Gasteiger partial charge in [0.15, 0.2) is 0 Å². The first kappa shape index (κ1) is 11.1.